The van der Waals surface area contributed by atoms with Gasteiger partial charge in [0, 0.05) is 12.8 Å². The van der Waals surface area contributed by atoms with Gasteiger partial charge in [0.05, 0.1) is 19.4 Å². The molecule has 0 atom stereocenters. The fraction of sp³-hybridized carbons (Fsp3) is 0.909. The van der Waals surface area contributed by atoms with Crippen LogP contribution in [0.2, 0.25) is 0 Å². The maximum atomic E-state index is 12.2. The number of rotatable bonds is 6. The molecule has 0 aromatic heterocycles. The smallest absolute Gasteiger partial charge is 0.309 e. The third kappa shape index (κ3) is 4.36. The zero-order valence-electron chi connectivity index (χ0n) is 10.1. The molecule has 1 aliphatic rings. The van der Waals surface area contributed by atoms with E-state index < -0.39 is 7.60 Å². The summed E-state index contributed by atoms with van der Waals surface area (Å²) in [5.74, 6) is 0.625. The lowest BCUT2D eigenvalue weighted by atomic mass is 9.90. The summed E-state index contributed by atoms with van der Waals surface area (Å²) in [5, 5.41) is 0. The highest BCUT2D eigenvalue weighted by atomic mass is 31.2. The molecule has 1 aliphatic carbocycles. The van der Waals surface area contributed by atoms with E-state index in [1.54, 1.807) is 0 Å². The lowest BCUT2D eigenvalue weighted by Gasteiger charge is -2.25. The van der Waals surface area contributed by atoms with Crippen LogP contribution in [0.15, 0.2) is 0 Å². The third-order valence-electron chi connectivity index (χ3n) is 2.80. The van der Waals surface area contributed by atoms with E-state index in [0.717, 1.165) is 12.8 Å². The monoisotopic (exact) mass is 248 g/mol. The molecule has 1 fully saturated rings. The SMILES string of the molecule is CCOP(=O)(CC1CCC(=O)CC1)OCC. The van der Waals surface area contributed by atoms with Crippen molar-refractivity contribution in [1.29, 1.82) is 0 Å². The first kappa shape index (κ1) is 13.9. The predicted octanol–water partition coefficient (Wildman–Crippen LogP) is 3.01. The van der Waals surface area contributed by atoms with E-state index in [1.807, 2.05) is 13.8 Å². The van der Waals surface area contributed by atoms with E-state index >= 15 is 0 Å². The lowest BCUT2D eigenvalue weighted by molar-refractivity contribution is -0.120. The molecule has 0 saturated heterocycles. The number of carbonyl (C=O) groups excluding carboxylic acids is 1. The van der Waals surface area contributed by atoms with Crippen LogP contribution < -0.4 is 0 Å². The summed E-state index contributed by atoms with van der Waals surface area (Å²) in [7, 11) is -2.92. The number of carbonyl (C=O) groups is 1. The first-order chi connectivity index (χ1) is 7.59. The Kier molecular flexibility index (Phi) is 5.67. The van der Waals surface area contributed by atoms with Gasteiger partial charge in [-0.05, 0) is 32.6 Å². The van der Waals surface area contributed by atoms with Crippen molar-refractivity contribution in [1.82, 2.24) is 0 Å². The molecule has 5 heteroatoms. The number of Topliss-reactive ketones (excluding diaryl/α,β-unsaturated/α-hetero) is 1. The van der Waals surface area contributed by atoms with Gasteiger partial charge in [0.1, 0.15) is 5.78 Å². The van der Waals surface area contributed by atoms with E-state index in [2.05, 4.69) is 0 Å². The maximum Gasteiger partial charge on any atom is 0.330 e. The van der Waals surface area contributed by atoms with Crippen LogP contribution >= 0.6 is 7.60 Å². The van der Waals surface area contributed by atoms with Gasteiger partial charge in [-0.1, -0.05) is 0 Å². The number of ketones is 1. The van der Waals surface area contributed by atoms with Gasteiger partial charge in [-0.25, -0.2) is 0 Å². The largest absolute Gasteiger partial charge is 0.330 e. The van der Waals surface area contributed by atoms with E-state index in [1.165, 1.54) is 0 Å². The Bertz CT molecular complexity index is 257. The molecule has 0 bridgehead atoms. The van der Waals surface area contributed by atoms with E-state index in [0.29, 0.717) is 43.9 Å². The molecular weight excluding hydrogens is 227 g/mol. The molecule has 0 N–H and O–H groups in total. The van der Waals surface area contributed by atoms with Crippen LogP contribution in [0.5, 0.6) is 0 Å². The molecule has 4 nitrogen and oxygen atoms in total. The molecule has 0 aromatic carbocycles. The summed E-state index contributed by atoms with van der Waals surface area (Å²) in [5.41, 5.74) is 0. The number of hydrogen-bond donors (Lipinski definition) is 0. The summed E-state index contributed by atoms with van der Waals surface area (Å²) < 4.78 is 22.7. The second-order valence-corrected chi connectivity index (χ2v) is 6.21. The summed E-state index contributed by atoms with van der Waals surface area (Å²) in [6.45, 7) is 4.44. The Hall–Kier alpha value is -0.180. The van der Waals surface area contributed by atoms with Crippen molar-refractivity contribution in [3.05, 3.63) is 0 Å². The van der Waals surface area contributed by atoms with Gasteiger partial charge in [-0.15, -0.1) is 0 Å². The van der Waals surface area contributed by atoms with Gasteiger partial charge in [0.25, 0.3) is 0 Å². The van der Waals surface area contributed by atoms with Crippen LogP contribution in [0.1, 0.15) is 39.5 Å². The molecule has 16 heavy (non-hydrogen) atoms. The number of hydrogen-bond acceptors (Lipinski definition) is 4. The molecule has 0 radical (unpaired) electrons. The van der Waals surface area contributed by atoms with Crippen LogP contribution in [0, 0.1) is 5.92 Å². The topological polar surface area (TPSA) is 52.6 Å². The molecule has 0 aliphatic heterocycles. The second-order valence-electron chi connectivity index (χ2n) is 4.11. The molecule has 94 valence electrons. The Morgan fingerprint density at radius 2 is 1.69 bits per heavy atom. The predicted molar refractivity (Wildman–Crippen MR) is 62.7 cm³/mol. The standard InChI is InChI=1S/C11H21O4P/c1-3-14-16(13,15-4-2)9-10-5-7-11(12)8-6-10/h10H,3-9H2,1-2H3. The normalized spacial score (nSPS) is 19.0. The molecule has 1 rings (SSSR count). The fourth-order valence-corrected chi connectivity index (χ4v) is 4.10. The highest BCUT2D eigenvalue weighted by Crippen LogP contribution is 2.51. The molecule has 0 unspecified atom stereocenters. The Labute approximate surface area is 97.2 Å². The van der Waals surface area contributed by atoms with Crippen molar-refractivity contribution in [3.63, 3.8) is 0 Å². The van der Waals surface area contributed by atoms with Crippen LogP contribution in [0.3, 0.4) is 0 Å². The van der Waals surface area contributed by atoms with Crippen LogP contribution in [-0.2, 0) is 18.4 Å². The first-order valence-corrected chi connectivity index (χ1v) is 7.72. The Balaban J connectivity index is 2.48. The quantitative estimate of drug-likeness (QED) is 0.678. The highest BCUT2D eigenvalue weighted by Gasteiger charge is 2.30. The zero-order valence-corrected chi connectivity index (χ0v) is 11.0. The van der Waals surface area contributed by atoms with Crippen molar-refractivity contribution in [2.75, 3.05) is 19.4 Å². The van der Waals surface area contributed by atoms with Crippen molar-refractivity contribution in [2.45, 2.75) is 39.5 Å². The minimum absolute atomic E-state index is 0.307. The van der Waals surface area contributed by atoms with Crippen molar-refractivity contribution in [2.24, 2.45) is 5.92 Å². The molecule has 0 amide bonds. The average Bonchev–Trinajstić information content (AvgIpc) is 2.22. The first-order valence-electron chi connectivity index (χ1n) is 5.99. The van der Waals surface area contributed by atoms with E-state index in [4.69, 9.17) is 9.05 Å². The van der Waals surface area contributed by atoms with Crippen molar-refractivity contribution in [3.8, 4) is 0 Å². The molecular formula is C11H21O4P. The third-order valence-corrected chi connectivity index (χ3v) is 5.06. The maximum absolute atomic E-state index is 12.2. The van der Waals surface area contributed by atoms with Crippen molar-refractivity contribution < 1.29 is 18.4 Å². The van der Waals surface area contributed by atoms with Crippen LogP contribution in [0.4, 0.5) is 0 Å². The molecule has 0 spiro atoms. The molecule has 1 saturated carbocycles. The van der Waals surface area contributed by atoms with Gasteiger partial charge in [-0.2, -0.15) is 0 Å². The second kappa shape index (κ2) is 6.53. The van der Waals surface area contributed by atoms with Gasteiger partial charge in [0.2, 0.25) is 0 Å². The highest BCUT2D eigenvalue weighted by molar-refractivity contribution is 7.53. The minimum atomic E-state index is -2.92. The van der Waals surface area contributed by atoms with Gasteiger partial charge in [-0.3, -0.25) is 9.36 Å². The summed E-state index contributed by atoms with van der Waals surface area (Å²) >= 11 is 0. The molecule has 0 heterocycles. The van der Waals surface area contributed by atoms with E-state index in [-0.39, 0.29) is 0 Å². The lowest BCUT2D eigenvalue weighted by Crippen LogP contribution is -2.18. The fourth-order valence-electron chi connectivity index (χ4n) is 2.03. The van der Waals surface area contributed by atoms with Gasteiger partial charge < -0.3 is 9.05 Å². The van der Waals surface area contributed by atoms with Crippen LogP contribution in [-0.4, -0.2) is 25.2 Å². The van der Waals surface area contributed by atoms with Gasteiger partial charge >= 0.3 is 7.60 Å². The summed E-state index contributed by atoms with van der Waals surface area (Å²) in [4.78, 5) is 11.1. The summed E-state index contributed by atoms with van der Waals surface area (Å²) in [6, 6.07) is 0. The Morgan fingerprint density at radius 3 is 2.12 bits per heavy atom. The molecule has 0 aromatic rings. The summed E-state index contributed by atoms with van der Waals surface area (Å²) in [6.07, 6.45) is 3.33. The van der Waals surface area contributed by atoms with E-state index in [9.17, 15) is 9.36 Å². The average molecular weight is 248 g/mol. The minimum Gasteiger partial charge on any atom is -0.309 e. The van der Waals surface area contributed by atoms with Crippen molar-refractivity contribution >= 4 is 13.4 Å². The Morgan fingerprint density at radius 1 is 1.19 bits per heavy atom. The van der Waals surface area contributed by atoms with Crippen LogP contribution in [0.25, 0.3) is 0 Å². The van der Waals surface area contributed by atoms with Gasteiger partial charge in [0.15, 0.2) is 0 Å². The zero-order chi connectivity index (χ0) is 12.0.